The first-order chi connectivity index (χ1) is 11.1. The third-order valence-corrected chi connectivity index (χ3v) is 15.8. The van der Waals surface area contributed by atoms with Gasteiger partial charge >= 0.3 is 148 Å². The fourth-order valence-corrected chi connectivity index (χ4v) is 13.7. The fourth-order valence-electron chi connectivity index (χ4n) is 3.07. The fraction of sp³-hybridized carbons (Fsp3) is 0.182. The van der Waals surface area contributed by atoms with Crippen LogP contribution in [0.25, 0.3) is 0 Å². The number of hydrogen-bond acceptors (Lipinski definition) is 0. The molecule has 0 heterocycles. The van der Waals surface area contributed by atoms with E-state index >= 15 is 0 Å². The molecule has 3 aromatic carbocycles. The number of hydrogen-bond donors (Lipinski definition) is 0. The van der Waals surface area contributed by atoms with E-state index in [4.69, 9.17) is 0 Å². The van der Waals surface area contributed by atoms with E-state index in [1.165, 1.54) is 22.3 Å². The van der Waals surface area contributed by atoms with Gasteiger partial charge in [0.05, 0.1) is 0 Å². The summed E-state index contributed by atoms with van der Waals surface area (Å²) in [6, 6.07) is 25.0. The first kappa shape index (κ1) is 16.4. The summed E-state index contributed by atoms with van der Waals surface area (Å²) in [5.41, 5.74) is 5.68. The predicted octanol–water partition coefficient (Wildman–Crippen LogP) is 3.44. The summed E-state index contributed by atoms with van der Waals surface area (Å²) in [6.07, 6.45) is 0. The Bertz CT molecular complexity index is 787. The molecule has 0 aromatic heterocycles. The van der Waals surface area contributed by atoms with Gasteiger partial charge in [-0.3, -0.25) is 0 Å². The van der Waals surface area contributed by atoms with Crippen LogP contribution in [0, 0.1) is 27.7 Å². The van der Waals surface area contributed by atoms with Crippen LogP contribution in [-0.2, 0) is 0 Å². The Morgan fingerprint density at radius 1 is 0.522 bits per heavy atom. The molecule has 0 N–H and O–H groups in total. The zero-order valence-electron chi connectivity index (χ0n) is 14.3. The van der Waals surface area contributed by atoms with E-state index in [0.717, 1.165) is 0 Å². The summed E-state index contributed by atoms with van der Waals surface area (Å²) in [5, 5.41) is 0. The van der Waals surface area contributed by atoms with E-state index in [1.54, 1.807) is 9.81 Å². The molecule has 1 heteroatoms. The van der Waals surface area contributed by atoms with Gasteiger partial charge in [-0.15, -0.1) is 0 Å². The maximum absolute atomic E-state index is 2.39. The van der Waals surface area contributed by atoms with Crippen molar-refractivity contribution in [1.82, 2.24) is 0 Å². The van der Waals surface area contributed by atoms with Crippen LogP contribution in [0.2, 0.25) is 0 Å². The molecule has 0 amide bonds. The van der Waals surface area contributed by atoms with Gasteiger partial charge in [-0.05, 0) is 0 Å². The molecule has 0 saturated carbocycles. The Hall–Kier alpha value is -1.46. The summed E-state index contributed by atoms with van der Waals surface area (Å²) in [7, 11) is 0. The second-order valence-corrected chi connectivity index (χ2v) is 14.4. The monoisotopic (exact) mass is 496 g/mol. The normalized spacial score (nSPS) is 11.0. The van der Waals surface area contributed by atoms with Gasteiger partial charge in [-0.1, -0.05) is 0 Å². The Kier molecular flexibility index (Phi) is 4.97. The zero-order valence-corrected chi connectivity index (χ0v) is 17.8. The average molecular weight is 496 g/mol. The summed E-state index contributed by atoms with van der Waals surface area (Å²) in [4.78, 5) is 0. The molecule has 116 valence electrons. The quantitative estimate of drug-likeness (QED) is 0.488. The molecule has 0 aliphatic carbocycles. The van der Waals surface area contributed by atoms with Gasteiger partial charge in [0, 0.05) is 0 Å². The Balaban J connectivity index is 2.27. The van der Waals surface area contributed by atoms with Crippen molar-refractivity contribution >= 4 is 31.6 Å². The first-order valence-electron chi connectivity index (χ1n) is 8.06. The molecule has 3 aromatic rings. The molecule has 0 bridgehead atoms. The van der Waals surface area contributed by atoms with Gasteiger partial charge in [0.15, 0.2) is 0 Å². The van der Waals surface area contributed by atoms with Crippen molar-refractivity contribution in [1.29, 1.82) is 0 Å². The molecule has 0 atom stereocenters. The molecule has 0 saturated heterocycles. The third-order valence-electron chi connectivity index (χ3n) is 4.31. The van der Waals surface area contributed by atoms with Gasteiger partial charge in [0.25, 0.3) is 0 Å². The minimum atomic E-state index is -2.26. The van der Waals surface area contributed by atoms with Gasteiger partial charge in [0.2, 0.25) is 0 Å². The number of aryl methyl sites for hydroxylation is 4. The average Bonchev–Trinajstić information content (AvgIpc) is 2.53. The Labute approximate surface area is 147 Å². The van der Waals surface area contributed by atoms with Crippen LogP contribution in [0.5, 0.6) is 0 Å². The van der Waals surface area contributed by atoms with Crippen LogP contribution in [-0.4, -0.2) is 21.8 Å². The third kappa shape index (κ3) is 3.41. The molecule has 23 heavy (non-hydrogen) atoms. The molecular formula is C22H23Bi. The molecule has 0 nitrogen and oxygen atoms in total. The summed E-state index contributed by atoms with van der Waals surface area (Å²) < 4.78 is 4.81. The van der Waals surface area contributed by atoms with Crippen LogP contribution in [0.1, 0.15) is 22.3 Å². The Morgan fingerprint density at radius 2 is 1.00 bits per heavy atom. The molecule has 0 aliphatic rings. The topological polar surface area (TPSA) is 0 Å². The van der Waals surface area contributed by atoms with Crippen molar-refractivity contribution in [3.05, 3.63) is 89.0 Å². The van der Waals surface area contributed by atoms with E-state index < -0.39 is 21.8 Å². The van der Waals surface area contributed by atoms with Crippen molar-refractivity contribution < 1.29 is 0 Å². The first-order valence-corrected chi connectivity index (χ1v) is 13.3. The second-order valence-electron chi connectivity index (χ2n) is 6.20. The maximum atomic E-state index is 2.39. The molecule has 0 unspecified atom stereocenters. The number of rotatable bonds is 3. The van der Waals surface area contributed by atoms with Crippen LogP contribution >= 0.6 is 0 Å². The van der Waals surface area contributed by atoms with Crippen LogP contribution < -0.4 is 9.81 Å². The van der Waals surface area contributed by atoms with Gasteiger partial charge < -0.3 is 0 Å². The Morgan fingerprint density at radius 3 is 1.48 bits per heavy atom. The number of benzene rings is 3. The van der Waals surface area contributed by atoms with E-state index in [1.807, 2.05) is 0 Å². The molecule has 0 spiro atoms. The minimum absolute atomic E-state index is 1.35. The SMILES string of the molecule is Cc1cc[c]([Bi]([c]2ccccc2C)[c]2ccccc2C)c(C)c1. The zero-order chi connectivity index (χ0) is 16.4. The van der Waals surface area contributed by atoms with Crippen LogP contribution in [0.15, 0.2) is 66.7 Å². The van der Waals surface area contributed by atoms with Crippen molar-refractivity contribution in [3.63, 3.8) is 0 Å². The predicted molar refractivity (Wildman–Crippen MR) is 103 cm³/mol. The van der Waals surface area contributed by atoms with E-state index in [-0.39, 0.29) is 0 Å². The van der Waals surface area contributed by atoms with E-state index in [2.05, 4.69) is 94.4 Å². The second kappa shape index (κ2) is 6.97. The molecule has 0 fully saturated rings. The molecular weight excluding hydrogens is 473 g/mol. The summed E-state index contributed by atoms with van der Waals surface area (Å²) in [5.74, 6) is 0. The van der Waals surface area contributed by atoms with Crippen molar-refractivity contribution in [2.75, 3.05) is 0 Å². The van der Waals surface area contributed by atoms with E-state index in [9.17, 15) is 0 Å². The van der Waals surface area contributed by atoms with Crippen LogP contribution in [0.3, 0.4) is 0 Å². The molecule has 0 aliphatic heterocycles. The molecule has 0 radical (unpaired) electrons. The standard InChI is InChI=1S/C8H9.2C7H7.Bi/c1-7-4-3-5-8(2)6-7;2*1-7-5-3-2-4-6-7;/h3-4,6H,1-2H3;2*2-5H,1H3;. The van der Waals surface area contributed by atoms with Crippen LogP contribution in [0.4, 0.5) is 0 Å². The molecule has 3 rings (SSSR count). The summed E-state index contributed by atoms with van der Waals surface area (Å²) >= 11 is -2.26. The van der Waals surface area contributed by atoms with Crippen molar-refractivity contribution in [3.8, 4) is 0 Å². The van der Waals surface area contributed by atoms with Gasteiger partial charge in [-0.2, -0.15) is 0 Å². The van der Waals surface area contributed by atoms with Crippen molar-refractivity contribution in [2.45, 2.75) is 27.7 Å². The van der Waals surface area contributed by atoms with Gasteiger partial charge in [-0.25, -0.2) is 0 Å². The summed E-state index contributed by atoms with van der Waals surface area (Å²) in [6.45, 7) is 8.99. The van der Waals surface area contributed by atoms with E-state index in [0.29, 0.717) is 0 Å². The van der Waals surface area contributed by atoms with Gasteiger partial charge in [0.1, 0.15) is 0 Å². The van der Waals surface area contributed by atoms with Crippen molar-refractivity contribution in [2.24, 2.45) is 0 Å².